The lowest BCUT2D eigenvalue weighted by Gasteiger charge is -2.31. The van der Waals surface area contributed by atoms with Crippen molar-refractivity contribution in [3.63, 3.8) is 0 Å². The quantitative estimate of drug-likeness (QED) is 0.832. The smallest absolute Gasteiger partial charge is 0.224 e. The summed E-state index contributed by atoms with van der Waals surface area (Å²) in [4.78, 5) is 12.5. The Bertz CT molecular complexity index is 725. The van der Waals surface area contributed by atoms with E-state index in [1.165, 1.54) is 10.4 Å². The summed E-state index contributed by atoms with van der Waals surface area (Å²) < 4.78 is 52.1. The van der Waals surface area contributed by atoms with E-state index in [4.69, 9.17) is 0 Å². The van der Waals surface area contributed by atoms with Gasteiger partial charge in [-0.3, -0.25) is 4.79 Å². The van der Waals surface area contributed by atoms with Crippen molar-refractivity contribution in [2.45, 2.75) is 39.2 Å². The van der Waals surface area contributed by atoms with Gasteiger partial charge in [0.2, 0.25) is 15.9 Å². The first-order chi connectivity index (χ1) is 11.7. The SMILES string of the molecule is CCCS(=O)(=O)N1CCC[C@H](C(=O)N[C@H](C)c2ccc(F)c(F)c2)C1. The number of amides is 1. The molecule has 140 valence electrons. The molecule has 1 heterocycles. The highest BCUT2D eigenvalue weighted by Crippen LogP contribution is 2.22. The van der Waals surface area contributed by atoms with Gasteiger partial charge in [-0.15, -0.1) is 0 Å². The topological polar surface area (TPSA) is 66.5 Å². The third-order valence-corrected chi connectivity index (χ3v) is 6.46. The van der Waals surface area contributed by atoms with Gasteiger partial charge in [-0.05, 0) is 43.9 Å². The largest absolute Gasteiger partial charge is 0.349 e. The number of nitrogens with one attached hydrogen (secondary N) is 1. The van der Waals surface area contributed by atoms with Gasteiger partial charge in [0.15, 0.2) is 11.6 Å². The van der Waals surface area contributed by atoms with Gasteiger partial charge in [0.25, 0.3) is 0 Å². The molecule has 0 bridgehead atoms. The maximum absolute atomic E-state index is 13.3. The van der Waals surface area contributed by atoms with E-state index in [1.807, 2.05) is 0 Å². The summed E-state index contributed by atoms with van der Waals surface area (Å²) >= 11 is 0. The van der Waals surface area contributed by atoms with Crippen LogP contribution in [0.25, 0.3) is 0 Å². The molecule has 25 heavy (non-hydrogen) atoms. The second kappa shape index (κ2) is 8.23. The number of halogens is 2. The van der Waals surface area contributed by atoms with Gasteiger partial charge in [-0.25, -0.2) is 21.5 Å². The minimum absolute atomic E-state index is 0.0760. The zero-order valence-corrected chi connectivity index (χ0v) is 15.3. The Hall–Kier alpha value is -1.54. The van der Waals surface area contributed by atoms with Crippen molar-refractivity contribution in [2.75, 3.05) is 18.8 Å². The van der Waals surface area contributed by atoms with Crippen LogP contribution in [-0.2, 0) is 14.8 Å². The predicted molar refractivity (Wildman–Crippen MR) is 91.3 cm³/mol. The standard InChI is InChI=1S/C17H24F2N2O3S/c1-3-9-25(23,24)21-8-4-5-14(11-21)17(22)20-12(2)13-6-7-15(18)16(19)10-13/h6-7,10,12,14H,3-5,8-9,11H2,1-2H3,(H,20,22)/t12-,14+/m1/s1. The summed E-state index contributed by atoms with van der Waals surface area (Å²) in [7, 11) is -3.33. The minimum Gasteiger partial charge on any atom is -0.349 e. The highest BCUT2D eigenvalue weighted by Gasteiger charge is 2.32. The Kier molecular flexibility index (Phi) is 6.51. The van der Waals surface area contributed by atoms with E-state index >= 15 is 0 Å². The minimum atomic E-state index is -3.33. The summed E-state index contributed by atoms with van der Waals surface area (Å²) in [6.07, 6.45) is 1.76. The third-order valence-electron chi connectivity index (χ3n) is 4.41. The lowest BCUT2D eigenvalue weighted by atomic mass is 9.98. The molecule has 1 fully saturated rings. The summed E-state index contributed by atoms with van der Waals surface area (Å²) in [6, 6.07) is 3.00. The number of carbonyl (C=O) groups is 1. The van der Waals surface area contributed by atoms with Crippen LogP contribution < -0.4 is 5.32 Å². The van der Waals surface area contributed by atoms with Crippen molar-refractivity contribution >= 4 is 15.9 Å². The number of rotatable bonds is 6. The van der Waals surface area contributed by atoms with Crippen LogP contribution in [-0.4, -0.2) is 37.5 Å². The highest BCUT2D eigenvalue weighted by atomic mass is 32.2. The second-order valence-corrected chi connectivity index (χ2v) is 8.51. The van der Waals surface area contributed by atoms with Crippen molar-refractivity contribution in [1.29, 1.82) is 0 Å². The first-order valence-corrected chi connectivity index (χ1v) is 10.1. The molecular formula is C17H24F2N2O3S. The molecule has 5 nitrogen and oxygen atoms in total. The fourth-order valence-electron chi connectivity index (χ4n) is 2.99. The van der Waals surface area contributed by atoms with Crippen LogP contribution in [0.15, 0.2) is 18.2 Å². The Morgan fingerprint density at radius 2 is 2.08 bits per heavy atom. The number of carbonyl (C=O) groups excluding carboxylic acids is 1. The number of benzene rings is 1. The molecule has 0 unspecified atom stereocenters. The predicted octanol–water partition coefficient (Wildman–Crippen LogP) is 2.59. The van der Waals surface area contributed by atoms with Gasteiger partial charge in [-0.2, -0.15) is 0 Å². The number of sulfonamides is 1. The fourth-order valence-corrected chi connectivity index (χ4v) is 4.58. The molecule has 0 spiro atoms. The third kappa shape index (κ3) is 4.98. The Morgan fingerprint density at radius 1 is 1.36 bits per heavy atom. The molecule has 1 aliphatic heterocycles. The second-order valence-electron chi connectivity index (χ2n) is 6.42. The first kappa shape index (κ1) is 19.8. The van der Waals surface area contributed by atoms with Crippen molar-refractivity contribution in [1.82, 2.24) is 9.62 Å². The molecular weight excluding hydrogens is 350 g/mol. The molecule has 1 N–H and O–H groups in total. The Labute approximate surface area is 147 Å². The van der Waals surface area contributed by atoms with E-state index in [0.29, 0.717) is 31.4 Å². The zero-order chi connectivity index (χ0) is 18.6. The van der Waals surface area contributed by atoms with E-state index in [1.54, 1.807) is 13.8 Å². The van der Waals surface area contributed by atoms with Gasteiger partial charge in [-0.1, -0.05) is 13.0 Å². The van der Waals surface area contributed by atoms with E-state index in [2.05, 4.69) is 5.32 Å². The van der Waals surface area contributed by atoms with E-state index < -0.39 is 33.6 Å². The summed E-state index contributed by atoms with van der Waals surface area (Å²) in [5.74, 6) is -2.53. The Morgan fingerprint density at radius 3 is 2.72 bits per heavy atom. The number of hydrogen-bond donors (Lipinski definition) is 1. The molecule has 1 aromatic rings. The molecule has 1 aliphatic rings. The molecule has 1 amide bonds. The lowest BCUT2D eigenvalue weighted by molar-refractivity contribution is -0.126. The average Bonchev–Trinajstić information content (AvgIpc) is 2.57. The maximum Gasteiger partial charge on any atom is 0.224 e. The number of piperidine rings is 1. The molecule has 0 aliphatic carbocycles. The van der Waals surface area contributed by atoms with Crippen LogP contribution in [0, 0.1) is 17.6 Å². The molecule has 1 saturated heterocycles. The van der Waals surface area contributed by atoms with Crippen LogP contribution in [0.4, 0.5) is 8.78 Å². The number of nitrogens with zero attached hydrogens (tertiary/aromatic N) is 1. The molecule has 2 atom stereocenters. The summed E-state index contributed by atoms with van der Waals surface area (Å²) in [6.45, 7) is 4.08. The highest BCUT2D eigenvalue weighted by molar-refractivity contribution is 7.89. The van der Waals surface area contributed by atoms with Crippen molar-refractivity contribution in [3.8, 4) is 0 Å². The van der Waals surface area contributed by atoms with Crippen LogP contribution in [0.1, 0.15) is 44.7 Å². The van der Waals surface area contributed by atoms with Crippen LogP contribution in [0.5, 0.6) is 0 Å². The molecule has 0 radical (unpaired) electrons. The molecule has 0 saturated carbocycles. The normalized spacial score (nSPS) is 20.2. The monoisotopic (exact) mass is 374 g/mol. The van der Waals surface area contributed by atoms with E-state index in [-0.39, 0.29) is 18.2 Å². The molecule has 1 aromatic carbocycles. The van der Waals surface area contributed by atoms with Gasteiger partial charge in [0.1, 0.15) is 0 Å². The van der Waals surface area contributed by atoms with Gasteiger partial charge in [0, 0.05) is 13.1 Å². The maximum atomic E-state index is 13.3. The average molecular weight is 374 g/mol. The fraction of sp³-hybridized carbons (Fsp3) is 0.588. The summed E-state index contributed by atoms with van der Waals surface area (Å²) in [5.41, 5.74) is 0.457. The first-order valence-electron chi connectivity index (χ1n) is 8.47. The zero-order valence-electron chi connectivity index (χ0n) is 14.5. The van der Waals surface area contributed by atoms with Crippen LogP contribution in [0.2, 0.25) is 0 Å². The van der Waals surface area contributed by atoms with E-state index in [0.717, 1.165) is 12.1 Å². The van der Waals surface area contributed by atoms with E-state index in [9.17, 15) is 22.0 Å². The Balaban J connectivity index is 2.01. The summed E-state index contributed by atoms with van der Waals surface area (Å²) in [5, 5.41) is 2.77. The lowest BCUT2D eigenvalue weighted by Crippen LogP contribution is -2.46. The van der Waals surface area contributed by atoms with Crippen LogP contribution >= 0.6 is 0 Å². The molecule has 8 heteroatoms. The molecule has 0 aromatic heterocycles. The van der Waals surface area contributed by atoms with Crippen molar-refractivity contribution in [2.24, 2.45) is 5.92 Å². The van der Waals surface area contributed by atoms with Gasteiger partial charge in [0.05, 0.1) is 17.7 Å². The number of hydrogen-bond acceptors (Lipinski definition) is 3. The van der Waals surface area contributed by atoms with Gasteiger partial charge >= 0.3 is 0 Å². The van der Waals surface area contributed by atoms with Crippen molar-refractivity contribution < 1.29 is 22.0 Å². The van der Waals surface area contributed by atoms with Gasteiger partial charge < -0.3 is 5.32 Å². The van der Waals surface area contributed by atoms with Crippen LogP contribution in [0.3, 0.4) is 0 Å². The van der Waals surface area contributed by atoms with Crippen molar-refractivity contribution in [3.05, 3.63) is 35.4 Å². The molecule has 2 rings (SSSR count).